The Bertz CT molecular complexity index is 897. The molecule has 0 aliphatic carbocycles. The van der Waals surface area contributed by atoms with Crippen molar-refractivity contribution in [2.24, 2.45) is 0 Å². The Morgan fingerprint density at radius 1 is 1.25 bits per heavy atom. The van der Waals surface area contributed by atoms with Crippen LogP contribution in [0.25, 0.3) is 10.9 Å². The fourth-order valence-electron chi connectivity index (χ4n) is 3.73. The highest BCUT2D eigenvalue weighted by Gasteiger charge is 2.25. The normalized spacial score (nSPS) is 17.0. The molecule has 1 atom stereocenters. The van der Waals surface area contributed by atoms with Crippen molar-refractivity contribution in [3.05, 3.63) is 64.6 Å². The number of aromatic amines is 1. The first-order chi connectivity index (χ1) is 11.7. The Kier molecular flexibility index (Phi) is 3.77. The minimum Gasteiger partial charge on any atom is -0.388 e. The summed E-state index contributed by atoms with van der Waals surface area (Å²) in [5.41, 5.74) is 6.27. The topological polar surface area (TPSA) is 39.8 Å². The van der Waals surface area contributed by atoms with Gasteiger partial charge in [-0.3, -0.25) is 0 Å². The van der Waals surface area contributed by atoms with E-state index in [-0.39, 0.29) is 11.9 Å². The first-order valence-corrected chi connectivity index (χ1v) is 8.47. The molecule has 4 rings (SSSR count). The van der Waals surface area contributed by atoms with Crippen molar-refractivity contribution in [2.75, 3.05) is 18.9 Å². The molecule has 0 amide bonds. The Labute approximate surface area is 141 Å². The number of benzene rings is 2. The number of halogens is 1. The summed E-state index contributed by atoms with van der Waals surface area (Å²) in [4.78, 5) is 3.46. The molecular formula is C20H22FN3. The molecule has 1 aliphatic heterocycles. The van der Waals surface area contributed by atoms with Crippen molar-refractivity contribution < 1.29 is 4.39 Å². The molecule has 0 spiro atoms. The van der Waals surface area contributed by atoms with E-state index >= 15 is 0 Å². The molecule has 24 heavy (non-hydrogen) atoms. The van der Waals surface area contributed by atoms with Crippen molar-refractivity contribution in [1.29, 1.82) is 0 Å². The molecule has 0 saturated carbocycles. The van der Waals surface area contributed by atoms with Gasteiger partial charge in [-0.25, -0.2) is 4.39 Å². The van der Waals surface area contributed by atoms with Gasteiger partial charge in [-0.2, -0.15) is 0 Å². The smallest absolute Gasteiger partial charge is 0.135 e. The summed E-state index contributed by atoms with van der Waals surface area (Å²) < 4.78 is 14.6. The van der Waals surface area contributed by atoms with Crippen molar-refractivity contribution in [3.63, 3.8) is 0 Å². The zero-order chi connectivity index (χ0) is 16.7. The molecule has 2 aromatic carbocycles. The minimum atomic E-state index is -0.0807. The molecular weight excluding hydrogens is 301 g/mol. The van der Waals surface area contributed by atoms with Gasteiger partial charge >= 0.3 is 0 Å². The van der Waals surface area contributed by atoms with E-state index in [1.807, 2.05) is 26.1 Å². The Hall–Kier alpha value is -2.33. The number of anilines is 1. The maximum Gasteiger partial charge on any atom is 0.135 e. The molecule has 1 aliphatic rings. The number of H-pyrrole nitrogens is 1. The zero-order valence-electron chi connectivity index (χ0n) is 14.0. The second-order valence-electron chi connectivity index (χ2n) is 6.55. The van der Waals surface area contributed by atoms with E-state index in [2.05, 4.69) is 39.9 Å². The van der Waals surface area contributed by atoms with Gasteiger partial charge in [0.25, 0.3) is 0 Å². The number of aromatic nitrogens is 1. The highest BCUT2D eigenvalue weighted by molar-refractivity contribution is 5.86. The first kappa shape index (κ1) is 15.2. The van der Waals surface area contributed by atoms with Crippen LogP contribution in [0.5, 0.6) is 0 Å². The number of fused-ring (bicyclic) bond motifs is 3. The van der Waals surface area contributed by atoms with Crippen LogP contribution >= 0.6 is 0 Å². The van der Waals surface area contributed by atoms with Crippen LogP contribution < -0.4 is 10.6 Å². The number of hydrogen-bond donors (Lipinski definition) is 3. The minimum absolute atomic E-state index is 0.0807. The molecule has 1 unspecified atom stereocenters. The standard InChI is InChI=1S/C20H22FN3/c1-12-6-7-16-18(19(12)21)15-8-9-23-17(20(15)24-16)11-13-4-3-5-14(10-13)22-2/h3-7,10,17,22-24H,8-9,11H2,1-2H3. The van der Waals surface area contributed by atoms with Crippen molar-refractivity contribution >= 4 is 16.6 Å². The third-order valence-electron chi connectivity index (χ3n) is 5.00. The summed E-state index contributed by atoms with van der Waals surface area (Å²) in [5.74, 6) is -0.0807. The molecule has 2 heterocycles. The summed E-state index contributed by atoms with van der Waals surface area (Å²) in [6, 6.07) is 12.5. The molecule has 3 aromatic rings. The van der Waals surface area contributed by atoms with Crippen LogP contribution in [0.2, 0.25) is 0 Å². The number of rotatable bonds is 3. The Balaban J connectivity index is 1.75. The SMILES string of the molecule is CNc1cccc(CC2NCCc3c2[nH]c2ccc(C)c(F)c32)c1. The molecule has 0 fully saturated rings. The van der Waals surface area contributed by atoms with Crippen LogP contribution in [0.1, 0.15) is 28.4 Å². The Morgan fingerprint density at radius 3 is 2.96 bits per heavy atom. The largest absolute Gasteiger partial charge is 0.388 e. The predicted molar refractivity (Wildman–Crippen MR) is 97.1 cm³/mol. The van der Waals surface area contributed by atoms with Gasteiger partial charge in [0.15, 0.2) is 0 Å². The average molecular weight is 323 g/mol. The third kappa shape index (κ3) is 2.47. The Morgan fingerprint density at radius 2 is 2.12 bits per heavy atom. The van der Waals surface area contributed by atoms with Gasteiger partial charge in [-0.15, -0.1) is 0 Å². The van der Waals surface area contributed by atoms with Gasteiger partial charge < -0.3 is 15.6 Å². The van der Waals surface area contributed by atoms with Crippen molar-refractivity contribution in [2.45, 2.75) is 25.8 Å². The summed E-state index contributed by atoms with van der Waals surface area (Å²) in [7, 11) is 1.93. The fourth-order valence-corrected chi connectivity index (χ4v) is 3.73. The van der Waals surface area contributed by atoms with E-state index in [4.69, 9.17) is 0 Å². The second kappa shape index (κ2) is 5.95. The molecule has 0 radical (unpaired) electrons. The fraction of sp³-hybridized carbons (Fsp3) is 0.300. The molecule has 124 valence electrons. The van der Waals surface area contributed by atoms with Crippen LogP contribution in [0.3, 0.4) is 0 Å². The lowest BCUT2D eigenvalue weighted by atomic mass is 9.94. The summed E-state index contributed by atoms with van der Waals surface area (Å²) in [5, 5.41) is 7.54. The third-order valence-corrected chi connectivity index (χ3v) is 5.00. The highest BCUT2D eigenvalue weighted by Crippen LogP contribution is 2.34. The van der Waals surface area contributed by atoms with E-state index in [0.717, 1.165) is 47.2 Å². The molecule has 3 N–H and O–H groups in total. The van der Waals surface area contributed by atoms with Gasteiger partial charge in [-0.05, 0) is 61.2 Å². The molecule has 3 nitrogen and oxygen atoms in total. The number of hydrogen-bond acceptors (Lipinski definition) is 2. The van der Waals surface area contributed by atoms with E-state index in [9.17, 15) is 4.39 Å². The van der Waals surface area contributed by atoms with E-state index < -0.39 is 0 Å². The lowest BCUT2D eigenvalue weighted by molar-refractivity contribution is 0.494. The van der Waals surface area contributed by atoms with Crippen molar-refractivity contribution in [3.8, 4) is 0 Å². The highest BCUT2D eigenvalue weighted by atomic mass is 19.1. The van der Waals surface area contributed by atoms with Crippen LogP contribution in [0.4, 0.5) is 10.1 Å². The van der Waals surface area contributed by atoms with Gasteiger partial charge in [0, 0.05) is 29.3 Å². The lowest BCUT2D eigenvalue weighted by Gasteiger charge is -2.24. The summed E-state index contributed by atoms with van der Waals surface area (Å²) >= 11 is 0. The monoisotopic (exact) mass is 323 g/mol. The van der Waals surface area contributed by atoms with Crippen LogP contribution in [0, 0.1) is 12.7 Å². The van der Waals surface area contributed by atoms with Gasteiger partial charge in [0.2, 0.25) is 0 Å². The van der Waals surface area contributed by atoms with Crippen LogP contribution in [0.15, 0.2) is 36.4 Å². The van der Waals surface area contributed by atoms with Gasteiger partial charge in [0.05, 0.1) is 6.04 Å². The average Bonchev–Trinajstić information content (AvgIpc) is 2.99. The lowest BCUT2D eigenvalue weighted by Crippen LogP contribution is -2.31. The molecule has 1 aromatic heterocycles. The maximum atomic E-state index is 14.6. The quantitative estimate of drug-likeness (QED) is 0.679. The molecule has 0 saturated heterocycles. The van der Waals surface area contributed by atoms with Crippen LogP contribution in [-0.4, -0.2) is 18.6 Å². The van der Waals surface area contributed by atoms with E-state index in [1.165, 1.54) is 5.56 Å². The van der Waals surface area contributed by atoms with E-state index in [0.29, 0.717) is 5.56 Å². The first-order valence-electron chi connectivity index (χ1n) is 8.47. The number of aryl methyl sites for hydroxylation is 1. The van der Waals surface area contributed by atoms with E-state index in [1.54, 1.807) is 0 Å². The maximum absolute atomic E-state index is 14.6. The van der Waals surface area contributed by atoms with Crippen molar-refractivity contribution in [1.82, 2.24) is 10.3 Å². The second-order valence-corrected chi connectivity index (χ2v) is 6.55. The van der Waals surface area contributed by atoms with Gasteiger partial charge in [0.1, 0.15) is 5.82 Å². The molecule has 0 bridgehead atoms. The molecule has 4 heteroatoms. The van der Waals surface area contributed by atoms with Gasteiger partial charge in [-0.1, -0.05) is 18.2 Å². The summed E-state index contributed by atoms with van der Waals surface area (Å²) in [6.45, 7) is 2.71. The van der Waals surface area contributed by atoms with Crippen LogP contribution in [-0.2, 0) is 12.8 Å². The predicted octanol–water partition coefficient (Wildman–Crippen LogP) is 4.09. The number of nitrogens with one attached hydrogen (secondary N) is 3. The summed E-state index contributed by atoms with van der Waals surface area (Å²) in [6.07, 6.45) is 1.75. The zero-order valence-corrected chi connectivity index (χ0v) is 14.0.